The lowest BCUT2D eigenvalue weighted by Crippen LogP contribution is -2.55. The number of nitrogens with one attached hydrogen (secondary N) is 2. The molecule has 0 unspecified atom stereocenters. The zero-order chi connectivity index (χ0) is 23.5. The molecule has 2 bridgehead atoms. The minimum absolute atomic E-state index is 0.0909. The Bertz CT molecular complexity index is 1380. The molecule has 0 saturated heterocycles. The number of hydrogen-bond donors (Lipinski definition) is 3. The first kappa shape index (κ1) is 21.3. The van der Waals surface area contributed by atoms with Gasteiger partial charge in [-0.3, -0.25) is 14.6 Å². The number of halogens is 2. The van der Waals surface area contributed by atoms with E-state index in [1.807, 2.05) is 0 Å². The van der Waals surface area contributed by atoms with E-state index in [2.05, 4.69) is 15.3 Å². The third kappa shape index (κ3) is 3.49. The monoisotopic (exact) mass is 456 g/mol. The van der Waals surface area contributed by atoms with Crippen molar-refractivity contribution in [3.63, 3.8) is 0 Å². The molecule has 6 rings (SSSR count). The number of benzene rings is 1. The maximum absolute atomic E-state index is 14.2. The van der Waals surface area contributed by atoms with Crippen molar-refractivity contribution in [3.05, 3.63) is 68.6 Å². The van der Waals surface area contributed by atoms with Gasteiger partial charge in [-0.2, -0.15) is 0 Å². The fourth-order valence-electron chi connectivity index (χ4n) is 5.28. The molecule has 3 fully saturated rings. The lowest BCUT2D eigenvalue weighted by Gasteiger charge is -2.63. The number of phenols is 1. The van der Waals surface area contributed by atoms with E-state index >= 15 is 0 Å². The molecule has 10 heteroatoms. The second-order valence-corrected chi connectivity index (χ2v) is 9.25. The van der Waals surface area contributed by atoms with Crippen LogP contribution >= 0.6 is 0 Å². The summed E-state index contributed by atoms with van der Waals surface area (Å²) in [7, 11) is 0. The van der Waals surface area contributed by atoms with Crippen molar-refractivity contribution >= 4 is 16.8 Å². The Balaban J connectivity index is 1.54. The highest BCUT2D eigenvalue weighted by atomic mass is 19.1. The predicted molar refractivity (Wildman–Crippen MR) is 115 cm³/mol. The fraction of sp³-hybridized carbons (Fsp3) is 0.391. The highest BCUT2D eigenvalue weighted by molar-refractivity contribution is 5.85. The van der Waals surface area contributed by atoms with Gasteiger partial charge in [-0.15, -0.1) is 0 Å². The van der Waals surface area contributed by atoms with E-state index in [9.17, 15) is 28.3 Å². The quantitative estimate of drug-likeness (QED) is 0.527. The van der Waals surface area contributed by atoms with Gasteiger partial charge in [0, 0.05) is 6.07 Å². The molecule has 33 heavy (non-hydrogen) atoms. The smallest absolute Gasteiger partial charge is 0.329 e. The second-order valence-electron chi connectivity index (χ2n) is 9.25. The molecule has 3 saturated carbocycles. The number of rotatable bonds is 6. The number of pyridine rings is 1. The molecule has 0 aliphatic heterocycles. The largest absolute Gasteiger partial charge is 0.507 e. The number of aromatic hydroxyl groups is 1. The van der Waals surface area contributed by atoms with E-state index in [4.69, 9.17) is 0 Å². The van der Waals surface area contributed by atoms with E-state index in [0.717, 1.165) is 30.0 Å². The number of aromatic nitrogens is 3. The van der Waals surface area contributed by atoms with Crippen LogP contribution in [-0.2, 0) is 4.79 Å². The zero-order valence-electron chi connectivity index (χ0n) is 17.8. The Hall–Kier alpha value is -3.56. The molecule has 3 aliphatic carbocycles. The molecule has 2 atom stereocenters. The van der Waals surface area contributed by atoms with E-state index in [0.29, 0.717) is 12.0 Å². The van der Waals surface area contributed by atoms with Gasteiger partial charge < -0.3 is 15.4 Å². The average Bonchev–Trinajstić information content (AvgIpc) is 2.67. The first-order valence-corrected chi connectivity index (χ1v) is 10.8. The van der Waals surface area contributed by atoms with E-state index in [1.165, 1.54) is 25.1 Å². The molecule has 3 N–H and O–H groups in total. The maximum Gasteiger partial charge on any atom is 0.329 e. The van der Waals surface area contributed by atoms with Crippen molar-refractivity contribution in [2.24, 2.45) is 11.3 Å². The SMILES string of the molecule is C[C@@H](NC(=O)[C@@H](CC12CC(C1)C2)n1c(=O)[nH]c2cccc(O)c2c1=O)c1ncc(F)cc1F. The number of amides is 1. The number of hydrogen-bond acceptors (Lipinski definition) is 5. The molecular weight excluding hydrogens is 434 g/mol. The molecule has 1 aromatic carbocycles. The van der Waals surface area contributed by atoms with Gasteiger partial charge in [0.1, 0.15) is 28.8 Å². The topological polar surface area (TPSA) is 117 Å². The Morgan fingerprint density at radius 2 is 2.06 bits per heavy atom. The van der Waals surface area contributed by atoms with Gasteiger partial charge in [0.25, 0.3) is 5.56 Å². The molecule has 0 spiro atoms. The summed E-state index contributed by atoms with van der Waals surface area (Å²) in [5.74, 6) is -2.10. The fourth-order valence-corrected chi connectivity index (χ4v) is 5.28. The van der Waals surface area contributed by atoms with E-state index in [-0.39, 0.29) is 34.2 Å². The van der Waals surface area contributed by atoms with Crippen LogP contribution in [0.3, 0.4) is 0 Å². The van der Waals surface area contributed by atoms with Crippen LogP contribution in [0.5, 0.6) is 5.75 Å². The third-order valence-electron chi connectivity index (χ3n) is 6.95. The summed E-state index contributed by atoms with van der Waals surface area (Å²) >= 11 is 0. The number of fused-ring (bicyclic) bond motifs is 1. The summed E-state index contributed by atoms with van der Waals surface area (Å²) in [6, 6.07) is 2.88. The predicted octanol–water partition coefficient (Wildman–Crippen LogP) is 2.68. The van der Waals surface area contributed by atoms with Crippen LogP contribution in [0.1, 0.15) is 50.4 Å². The summed E-state index contributed by atoms with van der Waals surface area (Å²) in [6.45, 7) is 1.48. The first-order chi connectivity index (χ1) is 15.7. The van der Waals surface area contributed by atoms with Crippen LogP contribution in [0.4, 0.5) is 8.78 Å². The zero-order valence-corrected chi connectivity index (χ0v) is 17.8. The molecule has 2 heterocycles. The van der Waals surface area contributed by atoms with Crippen LogP contribution in [-0.4, -0.2) is 25.5 Å². The summed E-state index contributed by atoms with van der Waals surface area (Å²) in [5.41, 5.74) is -1.67. The molecule has 3 aliphatic rings. The molecule has 2 aromatic heterocycles. The minimum Gasteiger partial charge on any atom is -0.507 e. The van der Waals surface area contributed by atoms with Gasteiger partial charge in [-0.25, -0.2) is 18.1 Å². The van der Waals surface area contributed by atoms with Crippen LogP contribution in [0.15, 0.2) is 40.1 Å². The minimum atomic E-state index is -1.17. The standard InChI is InChI=1S/C23H22F2N4O4/c1-11(19-14(25)5-13(24)10-26-19)27-20(31)16(9-23-6-12(7-23)8-23)29-21(32)18-15(28-22(29)33)3-2-4-17(18)30/h2-5,10-12,16,30H,6-9H2,1H3,(H,27,31)(H,28,33)/t11-,12?,16-,23?/m1/s1. The lowest BCUT2D eigenvalue weighted by molar-refractivity contribution is -0.140. The first-order valence-electron chi connectivity index (χ1n) is 10.8. The number of aromatic amines is 1. The molecule has 0 radical (unpaired) electrons. The number of phenolic OH excluding ortho intramolecular Hbond substituents is 1. The number of H-pyrrole nitrogens is 1. The highest BCUT2D eigenvalue weighted by Crippen LogP contribution is 2.67. The molecule has 3 aromatic rings. The molecule has 1 amide bonds. The van der Waals surface area contributed by atoms with Gasteiger partial charge in [-0.05, 0) is 56.1 Å². The van der Waals surface area contributed by atoms with Gasteiger partial charge in [0.05, 0.1) is 23.4 Å². The van der Waals surface area contributed by atoms with Crippen molar-refractivity contribution < 1.29 is 18.7 Å². The summed E-state index contributed by atoms with van der Waals surface area (Å²) in [4.78, 5) is 45.8. The van der Waals surface area contributed by atoms with Gasteiger partial charge >= 0.3 is 5.69 Å². The van der Waals surface area contributed by atoms with Crippen molar-refractivity contribution in [2.45, 2.75) is 44.7 Å². The highest BCUT2D eigenvalue weighted by Gasteiger charge is 2.57. The van der Waals surface area contributed by atoms with Crippen molar-refractivity contribution in [1.29, 1.82) is 0 Å². The number of carbonyl (C=O) groups excluding carboxylic acids is 1. The van der Waals surface area contributed by atoms with E-state index in [1.54, 1.807) is 0 Å². The Morgan fingerprint density at radius 1 is 1.33 bits per heavy atom. The van der Waals surface area contributed by atoms with Gasteiger partial charge in [0.2, 0.25) is 5.91 Å². The van der Waals surface area contributed by atoms with Crippen LogP contribution < -0.4 is 16.6 Å². The molecular formula is C23H22F2N4O4. The van der Waals surface area contributed by atoms with Crippen LogP contribution in [0, 0.1) is 23.0 Å². The van der Waals surface area contributed by atoms with E-state index < -0.39 is 40.9 Å². The third-order valence-corrected chi connectivity index (χ3v) is 6.95. The second kappa shape index (κ2) is 7.50. The average molecular weight is 456 g/mol. The lowest BCUT2D eigenvalue weighted by atomic mass is 9.43. The van der Waals surface area contributed by atoms with Gasteiger partial charge in [-0.1, -0.05) is 6.07 Å². The number of carbonyl (C=O) groups is 1. The molecule has 8 nitrogen and oxygen atoms in total. The number of nitrogens with zero attached hydrogens (tertiary/aromatic N) is 2. The summed E-state index contributed by atoms with van der Waals surface area (Å²) in [5, 5.41) is 12.7. The maximum atomic E-state index is 14.2. The molecule has 172 valence electrons. The normalized spacial score (nSPS) is 22.8. The van der Waals surface area contributed by atoms with Crippen molar-refractivity contribution in [2.75, 3.05) is 0 Å². The van der Waals surface area contributed by atoms with Gasteiger partial charge in [0.15, 0.2) is 0 Å². The Labute approximate surface area is 186 Å². The van der Waals surface area contributed by atoms with Crippen molar-refractivity contribution in [3.8, 4) is 5.75 Å². The van der Waals surface area contributed by atoms with Crippen LogP contribution in [0.2, 0.25) is 0 Å². The summed E-state index contributed by atoms with van der Waals surface area (Å²) < 4.78 is 28.2. The van der Waals surface area contributed by atoms with Crippen LogP contribution in [0.25, 0.3) is 10.9 Å². The Morgan fingerprint density at radius 3 is 2.70 bits per heavy atom. The van der Waals surface area contributed by atoms with Crippen molar-refractivity contribution in [1.82, 2.24) is 19.9 Å². The summed E-state index contributed by atoms with van der Waals surface area (Å²) in [6.07, 6.45) is 3.88. The Kier molecular flexibility index (Phi) is 4.84.